The maximum atomic E-state index is 12.4. The van der Waals surface area contributed by atoms with E-state index in [1.807, 2.05) is 37.7 Å². The van der Waals surface area contributed by atoms with Gasteiger partial charge in [-0.2, -0.15) is 0 Å². The topological polar surface area (TPSA) is 83.8 Å². The van der Waals surface area contributed by atoms with Crippen molar-refractivity contribution in [2.75, 3.05) is 0 Å². The Balaban J connectivity index is 0.00000312. The highest BCUT2D eigenvalue weighted by molar-refractivity contribution is 8.18. The van der Waals surface area contributed by atoms with E-state index in [-0.39, 0.29) is 39.6 Å². The maximum Gasteiger partial charge on any atom is 0.311 e. The van der Waals surface area contributed by atoms with Crippen LogP contribution >= 0.6 is 23.5 Å². The number of carboxylic acids is 1. The van der Waals surface area contributed by atoms with Gasteiger partial charge in [0.05, 0.1) is 4.08 Å². The minimum absolute atomic E-state index is 0.0560. The van der Waals surface area contributed by atoms with Crippen molar-refractivity contribution in [2.24, 2.45) is 5.92 Å². The second kappa shape index (κ2) is 18.4. The zero-order chi connectivity index (χ0) is 36.3. The molecule has 0 bridgehead atoms. The lowest BCUT2D eigenvalue weighted by Crippen LogP contribution is -2.19. The summed E-state index contributed by atoms with van der Waals surface area (Å²) in [5.74, 6) is 0.403. The van der Waals surface area contributed by atoms with E-state index < -0.39 is 11.9 Å². The highest BCUT2D eigenvalue weighted by Crippen LogP contribution is 2.51. The number of hydrogen-bond donors (Lipinski definition) is 2. The fraction of sp³-hybridized carbons (Fsp3) is 0.641. The van der Waals surface area contributed by atoms with E-state index in [2.05, 4.69) is 115 Å². The molecule has 5 nitrogen and oxygen atoms in total. The first-order valence-corrected chi connectivity index (χ1v) is 18.4. The Kier molecular flexibility index (Phi) is 17.6. The van der Waals surface area contributed by atoms with Gasteiger partial charge in [0.15, 0.2) is 0 Å². The van der Waals surface area contributed by atoms with E-state index in [0.717, 1.165) is 38.8 Å². The summed E-state index contributed by atoms with van der Waals surface area (Å²) in [6.45, 7) is 34.0. The molecule has 46 heavy (non-hydrogen) atoms. The Hall–Kier alpha value is -2.12. The SMILES string of the molecule is CC.CC(C)C.CCC(C)(Sc1ccc(OC(=O)CCCC(=O)O)c(C(C)(C)C)c1)Sc1cc(C(C)(C)C)c(O)c(C(C)(C)C)c1. The first-order valence-electron chi connectivity index (χ1n) is 16.7. The third-order valence-corrected chi connectivity index (χ3v) is 9.67. The Morgan fingerprint density at radius 3 is 1.54 bits per heavy atom. The van der Waals surface area contributed by atoms with E-state index in [1.165, 1.54) is 0 Å². The quantitative estimate of drug-likeness (QED) is 0.112. The summed E-state index contributed by atoms with van der Waals surface area (Å²) in [4.78, 5) is 25.4. The van der Waals surface area contributed by atoms with E-state index in [1.54, 1.807) is 11.8 Å². The minimum atomic E-state index is -0.919. The van der Waals surface area contributed by atoms with Crippen LogP contribution in [-0.4, -0.2) is 26.2 Å². The van der Waals surface area contributed by atoms with Crippen LogP contribution in [0.5, 0.6) is 11.5 Å². The van der Waals surface area contributed by atoms with Gasteiger partial charge in [-0.15, -0.1) is 23.5 Å². The van der Waals surface area contributed by atoms with Gasteiger partial charge >= 0.3 is 11.9 Å². The second-order valence-corrected chi connectivity index (χ2v) is 18.8. The molecule has 0 aliphatic rings. The highest BCUT2D eigenvalue weighted by Gasteiger charge is 2.31. The molecular formula is C39H64O5S2. The van der Waals surface area contributed by atoms with Gasteiger partial charge in [0.1, 0.15) is 11.5 Å². The molecule has 2 aromatic rings. The first-order chi connectivity index (χ1) is 20.9. The number of thioether (sulfide) groups is 2. The van der Waals surface area contributed by atoms with Crippen LogP contribution in [0.4, 0.5) is 0 Å². The largest absolute Gasteiger partial charge is 0.507 e. The molecule has 0 aromatic heterocycles. The van der Waals surface area contributed by atoms with Gasteiger partial charge in [-0.05, 0) is 72.3 Å². The van der Waals surface area contributed by atoms with Crippen LogP contribution in [0.25, 0.3) is 0 Å². The number of carboxylic acid groups (broad SMARTS) is 1. The summed E-state index contributed by atoms with van der Waals surface area (Å²) in [7, 11) is 0. The van der Waals surface area contributed by atoms with E-state index in [0.29, 0.717) is 11.5 Å². The van der Waals surface area contributed by atoms with Gasteiger partial charge in [0.25, 0.3) is 0 Å². The standard InChI is InChI=1S/C33H48O5S2.C4H10.C2H6/c1-12-33(11,40-22-19-24(31(5,6)7)29(37)25(20-22)32(8,9)10)39-21-16-17-26(23(18-21)30(2,3)4)38-28(36)15-13-14-27(34)35;1-4(2)3;1-2/h16-20,37H,12-15H2,1-11H3,(H,34,35);4H,1-3H3;1-2H3. The lowest BCUT2D eigenvalue weighted by atomic mass is 9.79. The lowest BCUT2D eigenvalue weighted by molar-refractivity contribution is -0.137. The zero-order valence-corrected chi connectivity index (χ0v) is 33.4. The third-order valence-electron chi connectivity index (χ3n) is 6.76. The van der Waals surface area contributed by atoms with E-state index in [9.17, 15) is 14.7 Å². The first kappa shape index (κ1) is 43.9. The molecule has 0 heterocycles. The Bertz CT molecular complexity index is 1220. The van der Waals surface area contributed by atoms with Gasteiger partial charge < -0.3 is 14.9 Å². The Morgan fingerprint density at radius 1 is 0.739 bits per heavy atom. The second-order valence-electron chi connectivity index (χ2n) is 15.4. The third kappa shape index (κ3) is 15.2. The summed E-state index contributed by atoms with van der Waals surface area (Å²) in [6.07, 6.45) is 1.17. The molecule has 0 radical (unpaired) electrons. The molecule has 262 valence electrons. The summed E-state index contributed by atoms with van der Waals surface area (Å²) < 4.78 is 5.50. The van der Waals surface area contributed by atoms with Crippen LogP contribution in [0, 0.1) is 5.92 Å². The van der Waals surface area contributed by atoms with Crippen molar-refractivity contribution in [3.8, 4) is 11.5 Å². The van der Waals surface area contributed by atoms with Crippen LogP contribution < -0.4 is 4.74 Å². The number of phenolic OH excluding ortho intramolecular Hbond substituents is 1. The summed E-state index contributed by atoms with van der Waals surface area (Å²) in [6, 6.07) is 10.2. The average Bonchev–Trinajstić information content (AvgIpc) is 2.89. The summed E-state index contributed by atoms with van der Waals surface area (Å²) in [5, 5.41) is 20.0. The molecule has 0 aliphatic heterocycles. The molecule has 7 heteroatoms. The maximum absolute atomic E-state index is 12.4. The predicted octanol–water partition coefficient (Wildman–Crippen LogP) is 12.1. The van der Waals surface area contributed by atoms with E-state index in [4.69, 9.17) is 9.84 Å². The molecule has 1 atom stereocenters. The van der Waals surface area contributed by atoms with Crippen LogP contribution in [0.1, 0.15) is 153 Å². The number of carbonyl (C=O) groups is 2. The van der Waals surface area contributed by atoms with Gasteiger partial charge in [0.2, 0.25) is 0 Å². The van der Waals surface area contributed by atoms with Crippen LogP contribution in [-0.2, 0) is 25.8 Å². The number of rotatable bonds is 10. The van der Waals surface area contributed by atoms with Crippen LogP contribution in [0.15, 0.2) is 40.1 Å². The number of carbonyl (C=O) groups excluding carboxylic acids is 1. The number of esters is 1. The fourth-order valence-electron chi connectivity index (χ4n) is 4.28. The van der Waals surface area contributed by atoms with Crippen molar-refractivity contribution in [2.45, 2.75) is 167 Å². The number of phenols is 1. The molecule has 0 amide bonds. The molecule has 0 saturated heterocycles. The van der Waals surface area contributed by atoms with Crippen molar-refractivity contribution in [3.63, 3.8) is 0 Å². The lowest BCUT2D eigenvalue weighted by Gasteiger charge is -2.32. The normalized spacial score (nSPS) is 13.2. The molecule has 0 fully saturated rings. The fourth-order valence-corrected chi connectivity index (χ4v) is 6.98. The van der Waals surface area contributed by atoms with Gasteiger partial charge in [-0.3, -0.25) is 9.59 Å². The highest BCUT2D eigenvalue weighted by atomic mass is 32.2. The molecule has 0 aliphatic carbocycles. The Morgan fingerprint density at radius 2 is 1.15 bits per heavy atom. The zero-order valence-electron chi connectivity index (χ0n) is 31.7. The number of hydrogen-bond acceptors (Lipinski definition) is 6. The van der Waals surface area contributed by atoms with Gasteiger partial charge in [-0.25, -0.2) is 0 Å². The van der Waals surface area contributed by atoms with Crippen molar-refractivity contribution in [3.05, 3.63) is 47.0 Å². The van der Waals surface area contributed by atoms with Crippen molar-refractivity contribution >= 4 is 35.5 Å². The molecule has 2 aromatic carbocycles. The van der Waals surface area contributed by atoms with Gasteiger partial charge in [0, 0.05) is 39.3 Å². The number of aromatic hydroxyl groups is 1. The van der Waals surface area contributed by atoms with E-state index >= 15 is 0 Å². The van der Waals surface area contributed by atoms with Crippen molar-refractivity contribution < 1.29 is 24.5 Å². The van der Waals surface area contributed by atoms with Gasteiger partial charge in [-0.1, -0.05) is 104 Å². The predicted molar refractivity (Wildman–Crippen MR) is 200 cm³/mol. The smallest absolute Gasteiger partial charge is 0.311 e. The summed E-state index contributed by atoms with van der Waals surface area (Å²) >= 11 is 3.60. The minimum Gasteiger partial charge on any atom is -0.507 e. The number of benzene rings is 2. The van der Waals surface area contributed by atoms with Crippen LogP contribution in [0.3, 0.4) is 0 Å². The number of ether oxygens (including phenoxy) is 1. The molecule has 2 rings (SSSR count). The Labute approximate surface area is 290 Å². The summed E-state index contributed by atoms with van der Waals surface area (Å²) in [5.41, 5.74) is 2.19. The van der Waals surface area contributed by atoms with Crippen molar-refractivity contribution in [1.29, 1.82) is 0 Å². The molecule has 0 spiro atoms. The van der Waals surface area contributed by atoms with Crippen LogP contribution in [0.2, 0.25) is 0 Å². The monoisotopic (exact) mass is 676 g/mol. The number of aliphatic carboxylic acids is 1. The molecule has 2 N–H and O–H groups in total. The molecular weight excluding hydrogens is 613 g/mol. The van der Waals surface area contributed by atoms with Crippen molar-refractivity contribution in [1.82, 2.24) is 0 Å². The molecule has 1 unspecified atom stereocenters. The average molecular weight is 677 g/mol. The molecule has 0 saturated carbocycles.